The summed E-state index contributed by atoms with van der Waals surface area (Å²) in [6.45, 7) is 9.27. The number of aryl methyl sites for hydroxylation is 1. The molecule has 0 aliphatic heterocycles. The van der Waals surface area contributed by atoms with Gasteiger partial charge in [0.2, 0.25) is 0 Å². The molecule has 0 spiro atoms. The summed E-state index contributed by atoms with van der Waals surface area (Å²) in [5.41, 5.74) is 2.29. The van der Waals surface area contributed by atoms with Crippen molar-refractivity contribution in [2.75, 3.05) is 0 Å². The third kappa shape index (κ3) is 8.39. The van der Waals surface area contributed by atoms with E-state index in [1.165, 1.54) is 24.1 Å². The fourth-order valence-electron chi connectivity index (χ4n) is 1.79. The smallest absolute Gasteiger partial charge is 0.123 e. The van der Waals surface area contributed by atoms with Gasteiger partial charge in [-0.3, -0.25) is 0 Å². The molecule has 0 saturated heterocycles. The Balaban J connectivity index is 0.000000463. The molecule has 0 aliphatic rings. The largest absolute Gasteiger partial charge is 0.489 e. The van der Waals surface area contributed by atoms with Gasteiger partial charge in [-0.25, -0.2) is 4.39 Å². The summed E-state index contributed by atoms with van der Waals surface area (Å²) in [5.74, 6) is 1.51. The minimum atomic E-state index is -0.220. The zero-order chi connectivity index (χ0) is 17.1. The van der Waals surface area contributed by atoms with Crippen LogP contribution >= 0.6 is 0 Å². The molecule has 0 aliphatic carbocycles. The van der Waals surface area contributed by atoms with E-state index in [-0.39, 0.29) is 5.82 Å². The standard InChI is InChI=1S/C16H17FO.C5H12/c1-2-3-13-6-10-16(11-7-13)18-12-14-4-8-15(17)9-5-14;1-4-5(2)3/h4-11H,2-3,12H2,1H3;5H,4H2,1-3H3. The highest BCUT2D eigenvalue weighted by molar-refractivity contribution is 5.27. The van der Waals surface area contributed by atoms with Crippen molar-refractivity contribution in [1.29, 1.82) is 0 Å². The highest BCUT2D eigenvalue weighted by Crippen LogP contribution is 2.15. The van der Waals surface area contributed by atoms with Crippen LogP contribution < -0.4 is 4.74 Å². The summed E-state index contributed by atoms with van der Waals surface area (Å²) in [6, 6.07) is 14.5. The van der Waals surface area contributed by atoms with Crippen LogP contribution in [0.25, 0.3) is 0 Å². The Hall–Kier alpha value is -1.83. The Kier molecular flexibility index (Phi) is 9.04. The molecule has 0 aromatic heterocycles. The van der Waals surface area contributed by atoms with Crippen molar-refractivity contribution >= 4 is 0 Å². The molecule has 0 amide bonds. The predicted octanol–water partition coefficient (Wildman–Crippen LogP) is 6.41. The fourth-order valence-corrected chi connectivity index (χ4v) is 1.79. The van der Waals surface area contributed by atoms with Crippen molar-refractivity contribution in [2.24, 2.45) is 5.92 Å². The summed E-state index contributed by atoms with van der Waals surface area (Å²) in [5, 5.41) is 0. The lowest BCUT2D eigenvalue weighted by atomic mass is 10.1. The molecular weight excluding hydrogens is 287 g/mol. The monoisotopic (exact) mass is 316 g/mol. The second-order valence-electron chi connectivity index (χ2n) is 6.11. The lowest BCUT2D eigenvalue weighted by molar-refractivity contribution is 0.306. The number of hydrogen-bond donors (Lipinski definition) is 0. The molecule has 2 aromatic rings. The van der Waals surface area contributed by atoms with Gasteiger partial charge >= 0.3 is 0 Å². The van der Waals surface area contributed by atoms with Gasteiger partial charge in [-0.2, -0.15) is 0 Å². The van der Waals surface area contributed by atoms with E-state index in [4.69, 9.17) is 4.74 Å². The first-order valence-electron chi connectivity index (χ1n) is 8.51. The van der Waals surface area contributed by atoms with E-state index in [2.05, 4.69) is 39.8 Å². The van der Waals surface area contributed by atoms with Crippen LogP contribution in [0.1, 0.15) is 51.7 Å². The van der Waals surface area contributed by atoms with Crippen LogP contribution in [0, 0.1) is 11.7 Å². The van der Waals surface area contributed by atoms with Crippen LogP contribution in [-0.2, 0) is 13.0 Å². The van der Waals surface area contributed by atoms with Crippen molar-refractivity contribution in [2.45, 2.75) is 53.6 Å². The zero-order valence-electron chi connectivity index (χ0n) is 14.8. The molecule has 0 fully saturated rings. The maximum absolute atomic E-state index is 12.7. The molecule has 0 heterocycles. The van der Waals surface area contributed by atoms with Crippen LogP contribution in [0.2, 0.25) is 0 Å². The normalized spacial score (nSPS) is 10.2. The van der Waals surface area contributed by atoms with E-state index in [1.54, 1.807) is 12.1 Å². The summed E-state index contributed by atoms with van der Waals surface area (Å²) < 4.78 is 18.4. The molecule has 0 radical (unpaired) electrons. The van der Waals surface area contributed by atoms with E-state index in [9.17, 15) is 4.39 Å². The first kappa shape index (κ1) is 19.2. The van der Waals surface area contributed by atoms with Gasteiger partial charge in [-0.15, -0.1) is 0 Å². The number of benzene rings is 2. The Morgan fingerprint density at radius 2 is 1.39 bits per heavy atom. The van der Waals surface area contributed by atoms with Gasteiger partial charge in [0, 0.05) is 0 Å². The lowest BCUT2D eigenvalue weighted by Gasteiger charge is -2.07. The van der Waals surface area contributed by atoms with Crippen LogP contribution in [-0.4, -0.2) is 0 Å². The minimum absolute atomic E-state index is 0.220. The molecule has 0 bridgehead atoms. The first-order chi connectivity index (χ1) is 11.0. The number of ether oxygens (including phenoxy) is 1. The average molecular weight is 316 g/mol. The van der Waals surface area contributed by atoms with Crippen molar-refractivity contribution in [3.8, 4) is 5.75 Å². The lowest BCUT2D eigenvalue weighted by Crippen LogP contribution is -1.95. The third-order valence-electron chi connectivity index (χ3n) is 3.60. The highest BCUT2D eigenvalue weighted by atomic mass is 19.1. The fraction of sp³-hybridized carbons (Fsp3) is 0.429. The van der Waals surface area contributed by atoms with Gasteiger partial charge < -0.3 is 4.74 Å². The molecule has 2 aromatic carbocycles. The van der Waals surface area contributed by atoms with Crippen LogP contribution in [0.15, 0.2) is 48.5 Å². The number of halogens is 1. The Morgan fingerprint density at radius 3 is 1.87 bits per heavy atom. The van der Waals surface area contributed by atoms with Gasteiger partial charge in [0.15, 0.2) is 0 Å². The summed E-state index contributed by atoms with van der Waals surface area (Å²) in [4.78, 5) is 0. The molecule has 1 nitrogen and oxygen atoms in total. The van der Waals surface area contributed by atoms with Gasteiger partial charge in [0.05, 0.1) is 0 Å². The van der Waals surface area contributed by atoms with Crippen LogP contribution in [0.5, 0.6) is 5.75 Å². The number of hydrogen-bond acceptors (Lipinski definition) is 1. The summed E-state index contributed by atoms with van der Waals surface area (Å²) in [7, 11) is 0. The average Bonchev–Trinajstić information content (AvgIpc) is 2.56. The van der Waals surface area contributed by atoms with Crippen molar-refractivity contribution in [1.82, 2.24) is 0 Å². The highest BCUT2D eigenvalue weighted by Gasteiger charge is 1.97. The molecule has 0 atom stereocenters. The maximum atomic E-state index is 12.7. The van der Waals surface area contributed by atoms with E-state index in [0.717, 1.165) is 30.1 Å². The van der Waals surface area contributed by atoms with Gasteiger partial charge in [-0.1, -0.05) is 64.8 Å². The van der Waals surface area contributed by atoms with Gasteiger partial charge in [0.1, 0.15) is 18.2 Å². The zero-order valence-corrected chi connectivity index (χ0v) is 14.8. The predicted molar refractivity (Wildman–Crippen MR) is 96.3 cm³/mol. The molecule has 2 rings (SSSR count). The second kappa shape index (κ2) is 10.8. The Labute approximate surface area is 140 Å². The van der Waals surface area contributed by atoms with E-state index >= 15 is 0 Å². The molecule has 126 valence electrons. The summed E-state index contributed by atoms with van der Waals surface area (Å²) >= 11 is 0. The van der Waals surface area contributed by atoms with Gasteiger partial charge in [0.25, 0.3) is 0 Å². The maximum Gasteiger partial charge on any atom is 0.123 e. The van der Waals surface area contributed by atoms with Crippen molar-refractivity contribution < 1.29 is 9.13 Å². The molecular formula is C21H29FO. The van der Waals surface area contributed by atoms with E-state index < -0.39 is 0 Å². The van der Waals surface area contributed by atoms with Crippen molar-refractivity contribution in [3.05, 3.63) is 65.5 Å². The Bertz CT molecular complexity index is 529. The quantitative estimate of drug-likeness (QED) is 0.598. The molecule has 2 heteroatoms. The van der Waals surface area contributed by atoms with E-state index in [1.807, 2.05) is 12.1 Å². The van der Waals surface area contributed by atoms with Crippen LogP contribution in [0.3, 0.4) is 0 Å². The molecule has 23 heavy (non-hydrogen) atoms. The third-order valence-corrected chi connectivity index (χ3v) is 3.60. The first-order valence-corrected chi connectivity index (χ1v) is 8.51. The van der Waals surface area contributed by atoms with Gasteiger partial charge in [-0.05, 0) is 47.7 Å². The van der Waals surface area contributed by atoms with E-state index in [0.29, 0.717) is 6.61 Å². The van der Waals surface area contributed by atoms with Crippen LogP contribution in [0.4, 0.5) is 4.39 Å². The topological polar surface area (TPSA) is 9.23 Å². The number of rotatable bonds is 6. The Morgan fingerprint density at radius 1 is 0.870 bits per heavy atom. The van der Waals surface area contributed by atoms with Crippen molar-refractivity contribution in [3.63, 3.8) is 0 Å². The molecule has 0 N–H and O–H groups in total. The molecule has 0 unspecified atom stereocenters. The summed E-state index contributed by atoms with van der Waals surface area (Å²) in [6.07, 6.45) is 3.55. The molecule has 0 saturated carbocycles. The SMILES string of the molecule is CCC(C)C.CCCc1ccc(OCc2ccc(F)cc2)cc1. The second-order valence-corrected chi connectivity index (χ2v) is 6.11. The minimum Gasteiger partial charge on any atom is -0.489 e.